The molecule has 0 heterocycles. The molecule has 9 heteroatoms. The highest BCUT2D eigenvalue weighted by molar-refractivity contribution is 7.94. The second kappa shape index (κ2) is 7.03. The van der Waals surface area contributed by atoms with E-state index in [9.17, 15) is 26.4 Å². The summed E-state index contributed by atoms with van der Waals surface area (Å²) in [6.45, 7) is 5.85. The van der Waals surface area contributed by atoms with Crippen molar-refractivity contribution in [3.63, 3.8) is 0 Å². The molecule has 0 bridgehead atoms. The van der Waals surface area contributed by atoms with Gasteiger partial charge in [0, 0.05) is 11.4 Å². The number of halogens is 4. The van der Waals surface area contributed by atoms with E-state index in [1.54, 1.807) is 0 Å². The molecule has 4 nitrogen and oxygen atoms in total. The third-order valence-electron chi connectivity index (χ3n) is 4.74. The molecule has 0 amide bonds. The smallest absolute Gasteiger partial charge is 0.298 e. The first-order valence-corrected chi connectivity index (χ1v) is 10.1. The molecule has 146 valence electrons. The van der Waals surface area contributed by atoms with E-state index in [1.807, 2.05) is 25.5 Å². The van der Waals surface area contributed by atoms with Gasteiger partial charge >= 0.3 is 6.18 Å². The fourth-order valence-electron chi connectivity index (χ4n) is 3.14. The van der Waals surface area contributed by atoms with Crippen molar-refractivity contribution >= 4 is 33.1 Å². The van der Waals surface area contributed by atoms with Crippen LogP contribution >= 0.6 is 11.6 Å². The van der Waals surface area contributed by atoms with Gasteiger partial charge in [0.1, 0.15) is 5.25 Å². The van der Waals surface area contributed by atoms with Crippen LogP contribution in [0.4, 0.5) is 18.9 Å². The lowest BCUT2D eigenvalue weighted by Gasteiger charge is -2.36. The van der Waals surface area contributed by atoms with E-state index in [0.29, 0.717) is 12.5 Å². The maximum absolute atomic E-state index is 13.2. The van der Waals surface area contributed by atoms with Crippen LogP contribution in [0.3, 0.4) is 0 Å². The van der Waals surface area contributed by atoms with Gasteiger partial charge in [-0.25, -0.2) is 8.42 Å². The number of carbonyl (C=O) groups is 1. The van der Waals surface area contributed by atoms with Crippen molar-refractivity contribution in [2.75, 3.05) is 4.72 Å². The Hall–Kier alpha value is -1.28. The summed E-state index contributed by atoms with van der Waals surface area (Å²) in [4.78, 5) is 12.2. The highest BCUT2D eigenvalue weighted by Gasteiger charge is 2.42. The average Bonchev–Trinajstić information content (AvgIpc) is 2.47. The molecule has 2 atom stereocenters. The molecule has 1 aliphatic rings. The Morgan fingerprint density at radius 2 is 1.81 bits per heavy atom. The number of anilines is 1. The summed E-state index contributed by atoms with van der Waals surface area (Å²) in [5.74, 6) is -0.491. The molecule has 1 fully saturated rings. The van der Waals surface area contributed by atoms with Gasteiger partial charge in [0.2, 0.25) is 10.0 Å². The van der Waals surface area contributed by atoms with Crippen LogP contribution in [0.5, 0.6) is 0 Å². The van der Waals surface area contributed by atoms with E-state index in [4.69, 9.17) is 11.6 Å². The van der Waals surface area contributed by atoms with E-state index >= 15 is 0 Å². The number of carbonyl (C=O) groups excluding carboxylic acids is 1. The van der Waals surface area contributed by atoms with Crippen LogP contribution < -0.4 is 4.72 Å². The molecule has 0 aliphatic heterocycles. The van der Waals surface area contributed by atoms with Gasteiger partial charge in [-0.3, -0.25) is 9.52 Å². The molecule has 1 aromatic rings. The van der Waals surface area contributed by atoms with Crippen LogP contribution in [0.15, 0.2) is 18.2 Å². The minimum Gasteiger partial charge on any atom is -0.298 e. The Labute approximate surface area is 156 Å². The molecule has 1 saturated carbocycles. The summed E-state index contributed by atoms with van der Waals surface area (Å²) < 4.78 is 66.8. The Kier molecular flexibility index (Phi) is 5.69. The van der Waals surface area contributed by atoms with E-state index in [-0.39, 0.29) is 29.2 Å². The van der Waals surface area contributed by atoms with Gasteiger partial charge in [-0.15, -0.1) is 0 Å². The molecule has 2 rings (SSSR count). The molecule has 1 N–H and O–H groups in total. The van der Waals surface area contributed by atoms with Crippen LogP contribution in [0.1, 0.15) is 45.6 Å². The van der Waals surface area contributed by atoms with Crippen molar-refractivity contribution in [3.8, 4) is 0 Å². The minimum atomic E-state index is -4.78. The summed E-state index contributed by atoms with van der Waals surface area (Å²) in [6, 6.07) is 2.77. The first kappa shape index (κ1) is 21.0. The van der Waals surface area contributed by atoms with Gasteiger partial charge in [0.15, 0.2) is 5.78 Å². The lowest BCUT2D eigenvalue weighted by Crippen LogP contribution is -2.42. The minimum absolute atomic E-state index is 0.0194. The third-order valence-corrected chi connectivity index (χ3v) is 6.68. The number of Topliss-reactive ketones (excluding diaryl/α,β-unsaturated/α-hetero) is 1. The van der Waals surface area contributed by atoms with Crippen LogP contribution in [-0.2, 0) is 21.0 Å². The fraction of sp³-hybridized carbons (Fsp3) is 0.588. The van der Waals surface area contributed by atoms with Gasteiger partial charge in [0.25, 0.3) is 0 Å². The standard InChI is InChI=1S/C17H21ClF3NO3S/c1-16(2,3)10-4-7-14(23)15(8-10)26(24,25)22-13-6-5-11(18)9-12(13)17(19,20)21/h5-6,9-10,15,22H,4,7-8H2,1-3H3. The lowest BCUT2D eigenvalue weighted by molar-refractivity contribution is -0.136. The predicted octanol–water partition coefficient (Wildman–Crippen LogP) is 4.88. The molecule has 0 aromatic heterocycles. The van der Waals surface area contributed by atoms with E-state index in [2.05, 4.69) is 0 Å². The first-order valence-electron chi connectivity index (χ1n) is 8.13. The van der Waals surface area contributed by atoms with Crippen molar-refractivity contribution in [3.05, 3.63) is 28.8 Å². The van der Waals surface area contributed by atoms with Gasteiger partial charge in [-0.2, -0.15) is 13.2 Å². The molecule has 1 aliphatic carbocycles. The maximum atomic E-state index is 13.2. The van der Waals surface area contributed by atoms with Gasteiger partial charge in [0.05, 0.1) is 11.3 Å². The van der Waals surface area contributed by atoms with Crippen LogP contribution in [0.25, 0.3) is 0 Å². The van der Waals surface area contributed by atoms with Crippen molar-refractivity contribution < 1.29 is 26.4 Å². The Morgan fingerprint density at radius 1 is 1.19 bits per heavy atom. The van der Waals surface area contributed by atoms with Gasteiger partial charge in [-0.1, -0.05) is 32.4 Å². The summed E-state index contributed by atoms with van der Waals surface area (Å²) in [5.41, 5.74) is -2.02. The zero-order valence-electron chi connectivity index (χ0n) is 14.7. The number of alkyl halides is 3. The molecular formula is C17H21ClF3NO3S. The fourth-order valence-corrected chi connectivity index (χ4v) is 4.88. The van der Waals surface area contributed by atoms with Crippen LogP contribution in [0.2, 0.25) is 5.02 Å². The molecule has 1 aromatic carbocycles. The van der Waals surface area contributed by atoms with Gasteiger partial charge in [-0.05, 0) is 42.4 Å². The summed E-state index contributed by atoms with van der Waals surface area (Å²) in [5, 5.41) is -1.53. The Balaban J connectivity index is 2.35. The molecule has 0 spiro atoms. The third kappa shape index (κ3) is 4.71. The number of hydrogen-bond donors (Lipinski definition) is 1. The highest BCUT2D eigenvalue weighted by atomic mass is 35.5. The molecule has 0 saturated heterocycles. The Bertz CT molecular complexity index is 800. The molecule has 26 heavy (non-hydrogen) atoms. The average molecular weight is 412 g/mol. The summed E-state index contributed by atoms with van der Waals surface area (Å²) in [7, 11) is -4.32. The van der Waals surface area contributed by atoms with Crippen molar-refractivity contribution in [2.24, 2.45) is 11.3 Å². The second-order valence-electron chi connectivity index (χ2n) is 7.63. The Morgan fingerprint density at radius 3 is 2.35 bits per heavy atom. The zero-order valence-corrected chi connectivity index (χ0v) is 16.2. The van der Waals surface area contributed by atoms with E-state index in [0.717, 1.165) is 12.1 Å². The van der Waals surface area contributed by atoms with Crippen LogP contribution in [0, 0.1) is 11.3 Å². The molecular weight excluding hydrogens is 391 g/mol. The highest BCUT2D eigenvalue weighted by Crippen LogP contribution is 2.40. The van der Waals surface area contributed by atoms with Crippen LogP contribution in [-0.4, -0.2) is 19.5 Å². The number of rotatable bonds is 3. The number of nitrogens with one attached hydrogen (secondary N) is 1. The number of sulfonamides is 1. The first-order chi connectivity index (χ1) is 11.7. The van der Waals surface area contributed by atoms with Crippen molar-refractivity contribution in [1.29, 1.82) is 0 Å². The number of hydrogen-bond acceptors (Lipinski definition) is 3. The molecule has 2 unspecified atom stereocenters. The normalized spacial score (nSPS) is 22.3. The van der Waals surface area contributed by atoms with Crippen molar-refractivity contribution in [2.45, 2.75) is 51.5 Å². The lowest BCUT2D eigenvalue weighted by atomic mass is 9.72. The maximum Gasteiger partial charge on any atom is 0.418 e. The number of benzene rings is 1. The summed E-state index contributed by atoms with van der Waals surface area (Å²) in [6.07, 6.45) is -4.02. The number of ketones is 1. The molecule has 0 radical (unpaired) electrons. The quantitative estimate of drug-likeness (QED) is 0.770. The largest absolute Gasteiger partial charge is 0.418 e. The SMILES string of the molecule is CC(C)(C)C1CCC(=O)C(S(=O)(=O)Nc2ccc(Cl)cc2C(F)(F)F)C1. The van der Waals surface area contributed by atoms with Crippen molar-refractivity contribution in [1.82, 2.24) is 0 Å². The second-order valence-corrected chi connectivity index (χ2v) is 9.93. The topological polar surface area (TPSA) is 63.2 Å². The van der Waals surface area contributed by atoms with Gasteiger partial charge < -0.3 is 0 Å². The predicted molar refractivity (Wildman–Crippen MR) is 94.6 cm³/mol. The summed E-state index contributed by atoms with van der Waals surface area (Å²) >= 11 is 5.60. The monoisotopic (exact) mass is 411 g/mol. The van der Waals surface area contributed by atoms with E-state index < -0.39 is 38.5 Å². The zero-order chi connectivity index (χ0) is 19.9. The van der Waals surface area contributed by atoms with E-state index in [1.165, 1.54) is 0 Å².